The number of aliphatic hydroxyl groups excluding tert-OH is 1. The number of fused-ring (bicyclic) bond motifs is 1. The molecule has 2 heterocycles. The third kappa shape index (κ3) is 2.80. The molecule has 3 rings (SSSR count). The second-order valence-electron chi connectivity index (χ2n) is 6.01. The fourth-order valence-electron chi connectivity index (χ4n) is 2.00. The summed E-state index contributed by atoms with van der Waals surface area (Å²) >= 11 is 1.55. The Hall–Kier alpha value is -1.85. The lowest BCUT2D eigenvalue weighted by Crippen LogP contribution is -2.10. The van der Waals surface area contributed by atoms with Crippen LogP contribution in [-0.2, 0) is 5.41 Å². The smallest absolute Gasteiger partial charge is 0.190 e. The first-order valence-corrected chi connectivity index (χ1v) is 7.64. The van der Waals surface area contributed by atoms with E-state index in [2.05, 4.69) is 35.7 Å². The average Bonchev–Trinajstić information content (AvgIpc) is 2.90. The zero-order valence-electron chi connectivity index (χ0n) is 12.2. The number of thiazole rings is 1. The van der Waals surface area contributed by atoms with Gasteiger partial charge in [-0.25, -0.2) is 15.0 Å². The molecule has 1 aromatic carbocycles. The van der Waals surface area contributed by atoms with Gasteiger partial charge in [0, 0.05) is 5.41 Å². The van der Waals surface area contributed by atoms with Crippen LogP contribution in [0, 0.1) is 0 Å². The molecule has 1 unspecified atom stereocenters. The minimum absolute atomic E-state index is 0.0226. The van der Waals surface area contributed by atoms with Crippen molar-refractivity contribution in [2.45, 2.75) is 32.3 Å². The van der Waals surface area contributed by atoms with E-state index < -0.39 is 6.10 Å². The molecule has 0 amide bonds. The molecular weight excluding hydrogens is 282 g/mol. The van der Waals surface area contributed by atoms with Gasteiger partial charge in [-0.15, -0.1) is 0 Å². The number of hydrogen-bond acceptors (Lipinski definition) is 5. The first-order chi connectivity index (χ1) is 9.95. The van der Waals surface area contributed by atoms with Gasteiger partial charge in [0.25, 0.3) is 0 Å². The Morgan fingerprint density at radius 1 is 1.10 bits per heavy atom. The molecule has 0 fully saturated rings. The number of hydrogen-bond donors (Lipinski definition) is 1. The lowest BCUT2D eigenvalue weighted by molar-refractivity contribution is 0.215. The van der Waals surface area contributed by atoms with Crippen molar-refractivity contribution >= 4 is 21.8 Å². The summed E-state index contributed by atoms with van der Waals surface area (Å²) in [6.45, 7) is 6.35. The number of aliphatic hydroxyl groups is 1. The molecule has 0 spiro atoms. The predicted molar refractivity (Wildman–Crippen MR) is 84.4 cm³/mol. The van der Waals surface area contributed by atoms with Crippen LogP contribution in [0.1, 0.15) is 43.1 Å². The second kappa shape index (κ2) is 5.16. The van der Waals surface area contributed by atoms with E-state index in [1.54, 1.807) is 17.5 Å². The summed E-state index contributed by atoms with van der Waals surface area (Å²) in [6.07, 6.45) is 0.854. The Bertz CT molecular complexity index is 762. The fraction of sp³-hybridized carbons (Fsp3) is 0.312. The van der Waals surface area contributed by atoms with Gasteiger partial charge in [0.1, 0.15) is 11.1 Å². The van der Waals surface area contributed by atoms with Gasteiger partial charge in [0.2, 0.25) is 0 Å². The van der Waals surface area contributed by atoms with Gasteiger partial charge in [-0.1, -0.05) is 62.4 Å². The minimum Gasteiger partial charge on any atom is -0.382 e. The molecule has 2 aromatic heterocycles. The summed E-state index contributed by atoms with van der Waals surface area (Å²) in [7, 11) is 0. The highest BCUT2D eigenvalue weighted by Crippen LogP contribution is 2.30. The van der Waals surface area contributed by atoms with Crippen LogP contribution in [0.3, 0.4) is 0 Å². The minimum atomic E-state index is -0.775. The maximum absolute atomic E-state index is 10.4. The third-order valence-corrected chi connectivity index (χ3v) is 4.56. The number of rotatable bonds is 2. The number of aromatic nitrogens is 3. The van der Waals surface area contributed by atoms with Crippen molar-refractivity contribution in [2.75, 3.05) is 0 Å². The first-order valence-electron chi connectivity index (χ1n) is 6.82. The molecule has 1 N–H and O–H groups in total. The first kappa shape index (κ1) is 14.1. The van der Waals surface area contributed by atoms with E-state index in [9.17, 15) is 5.11 Å². The van der Waals surface area contributed by atoms with Gasteiger partial charge in [-0.3, -0.25) is 0 Å². The van der Waals surface area contributed by atoms with E-state index in [1.807, 2.05) is 30.3 Å². The SMILES string of the molecule is CC(C)(C)c1nc2nc(C(O)c3ccccc3)cnc2s1. The average molecular weight is 299 g/mol. The summed E-state index contributed by atoms with van der Waals surface area (Å²) in [5.41, 5.74) is 1.92. The number of benzene rings is 1. The van der Waals surface area contributed by atoms with Gasteiger partial charge < -0.3 is 5.11 Å². The number of nitrogens with zero attached hydrogens (tertiary/aromatic N) is 3. The summed E-state index contributed by atoms with van der Waals surface area (Å²) < 4.78 is 0. The Morgan fingerprint density at radius 2 is 1.81 bits per heavy atom. The van der Waals surface area contributed by atoms with Crippen LogP contribution >= 0.6 is 11.3 Å². The summed E-state index contributed by atoms with van der Waals surface area (Å²) in [6, 6.07) is 9.45. The molecule has 1 atom stereocenters. The molecule has 3 aromatic rings. The highest BCUT2D eigenvalue weighted by Gasteiger charge is 2.21. The van der Waals surface area contributed by atoms with Gasteiger partial charge in [0.05, 0.1) is 11.9 Å². The highest BCUT2D eigenvalue weighted by atomic mass is 32.1. The molecule has 0 aliphatic heterocycles. The molecule has 5 heteroatoms. The second-order valence-corrected chi connectivity index (χ2v) is 6.98. The lowest BCUT2D eigenvalue weighted by Gasteiger charge is -2.12. The Labute approximate surface area is 127 Å². The molecule has 21 heavy (non-hydrogen) atoms. The normalized spacial score (nSPS) is 13.5. The highest BCUT2D eigenvalue weighted by molar-refractivity contribution is 7.18. The van der Waals surface area contributed by atoms with Crippen molar-refractivity contribution < 1.29 is 5.11 Å². The van der Waals surface area contributed by atoms with E-state index in [0.717, 1.165) is 15.4 Å². The maximum Gasteiger partial charge on any atom is 0.190 e. The topological polar surface area (TPSA) is 58.9 Å². The molecule has 4 nitrogen and oxygen atoms in total. The monoisotopic (exact) mass is 299 g/mol. The van der Waals surface area contributed by atoms with Crippen LogP contribution in [0.25, 0.3) is 10.5 Å². The van der Waals surface area contributed by atoms with E-state index >= 15 is 0 Å². The molecule has 0 aliphatic carbocycles. The van der Waals surface area contributed by atoms with Crippen molar-refractivity contribution in [1.29, 1.82) is 0 Å². The van der Waals surface area contributed by atoms with Crippen molar-refractivity contribution in [3.8, 4) is 0 Å². The third-order valence-electron chi connectivity index (χ3n) is 3.18. The molecule has 0 bridgehead atoms. The molecule has 0 radical (unpaired) electrons. The van der Waals surface area contributed by atoms with Crippen LogP contribution in [0.15, 0.2) is 36.5 Å². The molecular formula is C16H17N3OS. The van der Waals surface area contributed by atoms with Gasteiger partial charge >= 0.3 is 0 Å². The molecule has 108 valence electrons. The van der Waals surface area contributed by atoms with Crippen LogP contribution in [0.4, 0.5) is 0 Å². The van der Waals surface area contributed by atoms with Gasteiger partial charge in [0.15, 0.2) is 10.5 Å². The summed E-state index contributed by atoms with van der Waals surface area (Å²) in [5.74, 6) is 0. The largest absolute Gasteiger partial charge is 0.382 e. The van der Waals surface area contributed by atoms with Gasteiger partial charge in [-0.05, 0) is 5.56 Å². The van der Waals surface area contributed by atoms with Crippen molar-refractivity contribution in [2.24, 2.45) is 0 Å². The van der Waals surface area contributed by atoms with Crippen LogP contribution in [0.2, 0.25) is 0 Å². The zero-order chi connectivity index (χ0) is 15.0. The van der Waals surface area contributed by atoms with Crippen molar-refractivity contribution in [3.63, 3.8) is 0 Å². The van der Waals surface area contributed by atoms with E-state index in [-0.39, 0.29) is 5.41 Å². The van der Waals surface area contributed by atoms with Crippen molar-refractivity contribution in [1.82, 2.24) is 15.0 Å². The lowest BCUT2D eigenvalue weighted by atomic mass is 9.98. The standard InChI is InChI=1S/C16H17N3OS/c1-16(2,3)15-19-13-14(21-15)17-9-11(18-13)12(20)10-7-5-4-6-8-10/h4-9,12,20H,1-3H3. The van der Waals surface area contributed by atoms with Crippen LogP contribution < -0.4 is 0 Å². The van der Waals surface area contributed by atoms with E-state index in [1.165, 1.54) is 0 Å². The summed E-state index contributed by atoms with van der Waals surface area (Å²) in [4.78, 5) is 14.2. The Morgan fingerprint density at radius 3 is 2.48 bits per heavy atom. The van der Waals surface area contributed by atoms with E-state index in [4.69, 9.17) is 0 Å². The van der Waals surface area contributed by atoms with Crippen LogP contribution in [-0.4, -0.2) is 20.1 Å². The molecule has 0 saturated carbocycles. The fourth-order valence-corrected chi connectivity index (χ4v) is 2.90. The Kier molecular flexibility index (Phi) is 3.47. The van der Waals surface area contributed by atoms with Gasteiger partial charge in [-0.2, -0.15) is 0 Å². The van der Waals surface area contributed by atoms with E-state index in [0.29, 0.717) is 11.3 Å². The quantitative estimate of drug-likeness (QED) is 0.787. The molecule has 0 saturated heterocycles. The summed E-state index contributed by atoms with van der Waals surface area (Å²) in [5, 5.41) is 11.4. The van der Waals surface area contributed by atoms with Crippen molar-refractivity contribution in [3.05, 3.63) is 52.8 Å². The zero-order valence-corrected chi connectivity index (χ0v) is 13.1. The molecule has 0 aliphatic rings. The Balaban J connectivity index is 2.01. The predicted octanol–water partition coefficient (Wildman–Crippen LogP) is 3.47. The van der Waals surface area contributed by atoms with Crippen LogP contribution in [0.5, 0.6) is 0 Å². The maximum atomic E-state index is 10.4.